The van der Waals surface area contributed by atoms with Crippen molar-refractivity contribution in [3.8, 4) is 5.75 Å². The maximum absolute atomic E-state index is 13.9. The zero-order valence-corrected chi connectivity index (χ0v) is 25.7. The highest BCUT2D eigenvalue weighted by Crippen LogP contribution is 2.38. The third-order valence-corrected chi connectivity index (χ3v) is 8.85. The fourth-order valence-electron chi connectivity index (χ4n) is 4.20. The topological polar surface area (TPSA) is 109 Å². The van der Waals surface area contributed by atoms with Crippen LogP contribution in [0.4, 0.5) is 0 Å². The number of rotatable bonds is 7. The molecule has 0 saturated heterocycles. The van der Waals surface area contributed by atoms with Crippen LogP contribution in [0.2, 0.25) is 5.02 Å². The predicted molar refractivity (Wildman–Crippen MR) is 156 cm³/mol. The molecule has 0 radical (unpaired) electrons. The van der Waals surface area contributed by atoms with Crippen LogP contribution in [0.25, 0.3) is 6.08 Å². The summed E-state index contributed by atoms with van der Waals surface area (Å²) in [7, 11) is 1.52. The number of ether oxygens (including phenoxy) is 2. The van der Waals surface area contributed by atoms with Crippen molar-refractivity contribution < 1.29 is 18.7 Å². The number of furan rings is 1. The maximum Gasteiger partial charge on any atom is 0.338 e. The number of hydrogen-bond acceptors (Lipinski definition) is 10. The molecule has 0 amide bonds. The maximum atomic E-state index is 13.9. The summed E-state index contributed by atoms with van der Waals surface area (Å²) in [5, 5.41) is 1.52. The van der Waals surface area contributed by atoms with Crippen molar-refractivity contribution in [3.05, 3.63) is 94.0 Å². The number of allylic oxidation sites excluding steroid dienone is 1. The second-order valence-corrected chi connectivity index (χ2v) is 11.8. The summed E-state index contributed by atoms with van der Waals surface area (Å²) in [6, 6.07) is 7.78. The van der Waals surface area contributed by atoms with Crippen molar-refractivity contribution in [2.45, 2.75) is 37.1 Å². The zero-order chi connectivity index (χ0) is 28.6. The molecule has 4 heterocycles. The number of halogens is 2. The lowest BCUT2D eigenvalue weighted by Gasteiger charge is -2.26. The van der Waals surface area contributed by atoms with Crippen molar-refractivity contribution in [2.75, 3.05) is 13.7 Å². The van der Waals surface area contributed by atoms with E-state index in [1.807, 2.05) is 13.0 Å². The van der Waals surface area contributed by atoms with Gasteiger partial charge in [0, 0.05) is 28.6 Å². The Morgan fingerprint density at radius 1 is 1.30 bits per heavy atom. The van der Waals surface area contributed by atoms with E-state index < -0.39 is 12.0 Å². The second kappa shape index (κ2) is 11.7. The van der Waals surface area contributed by atoms with Crippen LogP contribution < -0.4 is 19.6 Å². The van der Waals surface area contributed by atoms with Gasteiger partial charge < -0.3 is 13.9 Å². The number of aryl methyl sites for hydroxylation is 1. The van der Waals surface area contributed by atoms with Gasteiger partial charge in [0.1, 0.15) is 17.6 Å². The zero-order valence-electron chi connectivity index (χ0n) is 21.7. The summed E-state index contributed by atoms with van der Waals surface area (Å²) >= 11 is 12.3. The Labute approximate surface area is 250 Å². The van der Waals surface area contributed by atoms with Crippen LogP contribution in [0.3, 0.4) is 0 Å². The van der Waals surface area contributed by atoms with Crippen molar-refractivity contribution >= 4 is 62.7 Å². The van der Waals surface area contributed by atoms with Crippen LogP contribution in [0, 0.1) is 6.92 Å². The summed E-state index contributed by atoms with van der Waals surface area (Å²) in [5.41, 5.74) is 1.70. The number of thiazole rings is 1. The lowest BCUT2D eigenvalue weighted by molar-refractivity contribution is -0.139. The number of aromatic nitrogens is 3. The van der Waals surface area contributed by atoms with Gasteiger partial charge in [0.15, 0.2) is 15.1 Å². The van der Waals surface area contributed by atoms with Gasteiger partial charge in [-0.2, -0.15) is 0 Å². The number of carbonyl (C=O) groups excluding carboxylic acids is 1. The van der Waals surface area contributed by atoms with Gasteiger partial charge in [-0.15, -0.1) is 0 Å². The van der Waals surface area contributed by atoms with Gasteiger partial charge >= 0.3 is 5.97 Å². The Kier molecular flexibility index (Phi) is 8.31. The largest absolute Gasteiger partial charge is 0.496 e. The van der Waals surface area contributed by atoms with E-state index >= 15 is 0 Å². The predicted octanol–water partition coefficient (Wildman–Crippen LogP) is 5.07. The molecule has 4 aromatic rings. The smallest absolute Gasteiger partial charge is 0.338 e. The second-order valence-electron chi connectivity index (χ2n) is 8.56. The van der Waals surface area contributed by atoms with Gasteiger partial charge in [0.25, 0.3) is 5.56 Å². The van der Waals surface area contributed by atoms with E-state index in [0.29, 0.717) is 51.8 Å². The van der Waals surface area contributed by atoms with Crippen molar-refractivity contribution in [3.63, 3.8) is 0 Å². The highest BCUT2D eigenvalue weighted by Gasteiger charge is 2.35. The molecule has 0 aliphatic carbocycles. The fraction of sp³-hybridized carbons (Fsp3) is 0.222. The quantitative estimate of drug-likeness (QED) is 0.200. The molecule has 9 nitrogen and oxygen atoms in total. The van der Waals surface area contributed by atoms with Crippen LogP contribution in [0.1, 0.15) is 36.9 Å². The van der Waals surface area contributed by atoms with E-state index in [2.05, 4.69) is 30.9 Å². The molecule has 0 spiro atoms. The molecule has 206 valence electrons. The first-order chi connectivity index (χ1) is 19.2. The first-order valence-corrected chi connectivity index (χ1v) is 14.8. The van der Waals surface area contributed by atoms with Crippen LogP contribution in [-0.2, 0) is 9.53 Å². The molecule has 0 fully saturated rings. The van der Waals surface area contributed by atoms with Crippen molar-refractivity contribution in [1.82, 2.24) is 14.5 Å². The SMILES string of the molecule is CCOC(=O)C1=C(C)N=c2s/c(=C\c3cc(Br)c(Sc4nccc(C)n4)o3)c(=O)n2[C@H]1c1cc(Cl)ccc1OC. The molecular weight excluding hydrogens is 640 g/mol. The third kappa shape index (κ3) is 5.53. The van der Waals surface area contributed by atoms with Crippen LogP contribution in [0.5, 0.6) is 5.75 Å². The first kappa shape index (κ1) is 28.3. The van der Waals surface area contributed by atoms with Gasteiger partial charge in [-0.25, -0.2) is 19.8 Å². The van der Waals surface area contributed by atoms with E-state index in [1.54, 1.807) is 50.4 Å². The van der Waals surface area contributed by atoms with E-state index in [4.69, 9.17) is 25.5 Å². The molecule has 40 heavy (non-hydrogen) atoms. The molecular formula is C27H22BrClN4O5S2. The van der Waals surface area contributed by atoms with Crippen LogP contribution in [0.15, 0.2) is 76.7 Å². The molecule has 1 aromatic carbocycles. The molecule has 0 unspecified atom stereocenters. The number of esters is 1. The van der Waals surface area contributed by atoms with Gasteiger partial charge in [0.2, 0.25) is 0 Å². The Balaban J connectivity index is 1.64. The molecule has 0 N–H and O–H groups in total. The van der Waals surface area contributed by atoms with Gasteiger partial charge in [-0.3, -0.25) is 9.36 Å². The number of benzene rings is 1. The third-order valence-electron chi connectivity index (χ3n) is 5.91. The number of hydrogen-bond donors (Lipinski definition) is 0. The normalized spacial score (nSPS) is 15.2. The van der Waals surface area contributed by atoms with Gasteiger partial charge in [0.05, 0.1) is 34.0 Å². The minimum Gasteiger partial charge on any atom is -0.496 e. The van der Waals surface area contributed by atoms with Gasteiger partial charge in [-0.05, 0) is 78.8 Å². The number of methoxy groups -OCH3 is 1. The summed E-state index contributed by atoms with van der Waals surface area (Å²) in [4.78, 5) is 40.7. The lowest BCUT2D eigenvalue weighted by atomic mass is 9.95. The minimum atomic E-state index is -0.862. The Bertz CT molecular complexity index is 1850. The number of nitrogens with zero attached hydrogens (tertiary/aromatic N) is 4. The van der Waals surface area contributed by atoms with Gasteiger partial charge in [-0.1, -0.05) is 22.9 Å². The highest BCUT2D eigenvalue weighted by atomic mass is 79.9. The summed E-state index contributed by atoms with van der Waals surface area (Å²) in [6.45, 7) is 5.49. The molecule has 13 heteroatoms. The molecule has 1 aliphatic heterocycles. The Morgan fingerprint density at radius 2 is 2.10 bits per heavy atom. The van der Waals surface area contributed by atoms with E-state index in [0.717, 1.165) is 5.69 Å². The number of carbonyl (C=O) groups is 1. The molecule has 1 aliphatic rings. The monoisotopic (exact) mass is 660 g/mol. The minimum absolute atomic E-state index is 0.167. The Morgan fingerprint density at radius 3 is 2.83 bits per heavy atom. The average molecular weight is 662 g/mol. The Hall–Kier alpha value is -3.19. The van der Waals surface area contributed by atoms with Crippen LogP contribution in [-0.4, -0.2) is 34.2 Å². The fourth-order valence-corrected chi connectivity index (χ4v) is 6.72. The molecule has 5 rings (SSSR count). The van der Waals surface area contributed by atoms with E-state index in [1.165, 1.54) is 34.8 Å². The van der Waals surface area contributed by atoms with Crippen molar-refractivity contribution in [2.24, 2.45) is 4.99 Å². The molecule has 3 aromatic heterocycles. The molecule has 1 atom stereocenters. The lowest BCUT2D eigenvalue weighted by Crippen LogP contribution is -2.40. The molecule has 0 bridgehead atoms. The standard InChI is InChI=1S/C27H22BrClN4O5S2/c1-5-37-24(35)21-14(3)32-27-33(22(21)17-10-15(29)6-7-19(17)36-4)23(34)20(39-27)12-16-11-18(28)25(38-16)40-26-30-9-8-13(2)31-26/h6-12,22H,5H2,1-4H3/b20-12-/t22-/m0/s1. The summed E-state index contributed by atoms with van der Waals surface area (Å²) in [5.74, 6) is 0.348. The first-order valence-electron chi connectivity index (χ1n) is 12.0. The highest BCUT2D eigenvalue weighted by molar-refractivity contribution is 9.10. The van der Waals surface area contributed by atoms with Crippen LogP contribution >= 0.6 is 50.6 Å². The average Bonchev–Trinajstić information content (AvgIpc) is 3.40. The summed E-state index contributed by atoms with van der Waals surface area (Å²) in [6.07, 6.45) is 3.33. The van der Waals surface area contributed by atoms with Crippen molar-refractivity contribution in [1.29, 1.82) is 0 Å². The van der Waals surface area contributed by atoms with E-state index in [-0.39, 0.29) is 17.7 Å². The van der Waals surface area contributed by atoms with E-state index in [9.17, 15) is 9.59 Å². The number of fused-ring (bicyclic) bond motifs is 1. The summed E-state index contributed by atoms with van der Waals surface area (Å²) < 4.78 is 19.5. The molecule has 0 saturated carbocycles.